The molecule has 3 rings (SSSR count). The molecule has 1 fully saturated rings. The lowest BCUT2D eigenvalue weighted by atomic mass is 9.88. The largest absolute Gasteiger partial charge is 0.479 e. The van der Waals surface area contributed by atoms with Crippen molar-refractivity contribution in [3.63, 3.8) is 0 Å². The molecule has 0 aliphatic carbocycles. The minimum absolute atomic E-state index is 0.297. The van der Waals surface area contributed by atoms with Crippen molar-refractivity contribution in [2.75, 3.05) is 6.54 Å². The first kappa shape index (κ1) is 17.7. The van der Waals surface area contributed by atoms with Gasteiger partial charge in [0.1, 0.15) is 11.1 Å². The van der Waals surface area contributed by atoms with E-state index in [0.29, 0.717) is 25.8 Å². The fourth-order valence-electron chi connectivity index (χ4n) is 3.43. The second kappa shape index (κ2) is 6.33. The molecule has 25 heavy (non-hydrogen) atoms. The average molecular weight is 361 g/mol. The zero-order valence-corrected chi connectivity index (χ0v) is 15.6. The van der Waals surface area contributed by atoms with Crippen LogP contribution in [0.3, 0.4) is 0 Å². The lowest BCUT2D eigenvalue weighted by Crippen LogP contribution is -2.55. The summed E-state index contributed by atoms with van der Waals surface area (Å²) in [6.45, 7) is 5.77. The number of carbonyl (C=O) groups excluding carboxylic acids is 1. The highest BCUT2D eigenvalue weighted by Gasteiger charge is 2.51. The molecule has 1 aromatic heterocycles. The number of hydrogen-bond acceptors (Lipinski definition) is 4. The number of fused-ring (bicyclic) bond motifs is 1. The van der Waals surface area contributed by atoms with Crippen molar-refractivity contribution in [1.82, 2.24) is 4.90 Å². The number of hydrogen-bond donors (Lipinski definition) is 1. The molecule has 1 aliphatic rings. The maximum absolute atomic E-state index is 12.6. The summed E-state index contributed by atoms with van der Waals surface area (Å²) >= 11 is 1.60. The first-order chi connectivity index (χ1) is 11.7. The molecule has 2 aromatic rings. The van der Waals surface area contributed by atoms with Gasteiger partial charge in [-0.25, -0.2) is 9.59 Å². The lowest BCUT2D eigenvalue weighted by Gasteiger charge is -2.35. The van der Waals surface area contributed by atoms with Gasteiger partial charge in [-0.15, -0.1) is 11.3 Å². The Morgan fingerprint density at radius 3 is 2.72 bits per heavy atom. The minimum atomic E-state index is -1.24. The second-order valence-corrected chi connectivity index (χ2v) is 8.42. The topological polar surface area (TPSA) is 66.8 Å². The van der Waals surface area contributed by atoms with Crippen LogP contribution in [0.5, 0.6) is 0 Å². The van der Waals surface area contributed by atoms with E-state index in [2.05, 4.69) is 0 Å². The Bertz CT molecular complexity index is 807. The number of thiophene rings is 1. The number of carboxylic acids is 1. The number of carboxylic acid groups (broad SMARTS) is 1. The Morgan fingerprint density at radius 2 is 2.04 bits per heavy atom. The van der Waals surface area contributed by atoms with E-state index in [9.17, 15) is 14.7 Å². The predicted octanol–water partition coefficient (Wildman–Crippen LogP) is 4.30. The van der Waals surface area contributed by atoms with Crippen molar-refractivity contribution in [1.29, 1.82) is 0 Å². The fraction of sp³-hybridized carbons (Fsp3) is 0.474. The van der Waals surface area contributed by atoms with Crippen molar-refractivity contribution in [3.8, 4) is 0 Å². The van der Waals surface area contributed by atoms with E-state index in [0.717, 1.165) is 15.6 Å². The molecule has 1 aromatic carbocycles. The monoisotopic (exact) mass is 361 g/mol. The van der Waals surface area contributed by atoms with Gasteiger partial charge in [-0.05, 0) is 56.0 Å². The van der Waals surface area contributed by atoms with Gasteiger partial charge in [0, 0.05) is 17.7 Å². The van der Waals surface area contributed by atoms with Crippen molar-refractivity contribution >= 4 is 33.5 Å². The first-order valence-electron chi connectivity index (χ1n) is 8.42. The van der Waals surface area contributed by atoms with Crippen LogP contribution >= 0.6 is 11.3 Å². The number of ether oxygens (including phenoxy) is 1. The molecule has 2 heterocycles. The van der Waals surface area contributed by atoms with E-state index in [-0.39, 0.29) is 0 Å². The Morgan fingerprint density at radius 1 is 1.32 bits per heavy atom. The second-order valence-electron chi connectivity index (χ2n) is 7.51. The van der Waals surface area contributed by atoms with Crippen molar-refractivity contribution in [3.05, 3.63) is 35.2 Å². The van der Waals surface area contributed by atoms with Gasteiger partial charge in [-0.3, -0.25) is 4.90 Å². The SMILES string of the molecule is CC(C)(C)OC(=O)N1CCC[C@]1(Cc1csc2ccccc12)C(=O)O. The Balaban J connectivity index is 1.95. The van der Waals surface area contributed by atoms with Crippen LogP contribution in [0.25, 0.3) is 10.1 Å². The summed E-state index contributed by atoms with van der Waals surface area (Å²) in [7, 11) is 0. The Labute approximate surface area is 151 Å². The first-order valence-corrected chi connectivity index (χ1v) is 9.30. The van der Waals surface area contributed by atoms with Crippen LogP contribution in [0, 0.1) is 0 Å². The summed E-state index contributed by atoms with van der Waals surface area (Å²) in [6, 6.07) is 7.95. The van der Waals surface area contributed by atoms with E-state index in [4.69, 9.17) is 4.74 Å². The molecule has 0 saturated carbocycles. The number of likely N-dealkylation sites (tertiary alicyclic amines) is 1. The quantitative estimate of drug-likeness (QED) is 0.885. The molecule has 1 amide bonds. The standard InChI is InChI=1S/C19H23NO4S/c1-18(2,3)24-17(23)20-10-6-9-19(20,16(21)22)11-13-12-25-15-8-5-4-7-14(13)15/h4-5,7-8,12H,6,9-11H2,1-3H3,(H,21,22)/t19-/m0/s1. The van der Waals surface area contributed by atoms with Gasteiger partial charge >= 0.3 is 12.1 Å². The van der Waals surface area contributed by atoms with E-state index >= 15 is 0 Å². The highest BCUT2D eigenvalue weighted by molar-refractivity contribution is 7.17. The summed E-state index contributed by atoms with van der Waals surface area (Å²) in [6.07, 6.45) is 0.845. The van der Waals surface area contributed by atoms with Gasteiger partial charge in [0.05, 0.1) is 0 Å². The Hall–Kier alpha value is -2.08. The molecule has 134 valence electrons. The highest BCUT2D eigenvalue weighted by atomic mass is 32.1. The number of rotatable bonds is 3. The number of amides is 1. The molecule has 0 bridgehead atoms. The van der Waals surface area contributed by atoms with Crippen LogP contribution in [-0.4, -0.2) is 39.8 Å². The third-order valence-corrected chi connectivity index (χ3v) is 5.56. The fourth-order valence-corrected chi connectivity index (χ4v) is 4.39. The van der Waals surface area contributed by atoms with Crippen LogP contribution in [-0.2, 0) is 16.0 Å². The van der Waals surface area contributed by atoms with Crippen LogP contribution < -0.4 is 0 Å². The molecule has 1 saturated heterocycles. The number of aliphatic carboxylic acids is 1. The van der Waals surface area contributed by atoms with Gasteiger partial charge in [-0.1, -0.05) is 18.2 Å². The molecule has 5 nitrogen and oxygen atoms in total. The van der Waals surface area contributed by atoms with E-state index < -0.39 is 23.2 Å². The molecule has 0 unspecified atom stereocenters. The van der Waals surface area contributed by atoms with Gasteiger partial charge < -0.3 is 9.84 Å². The molecule has 1 atom stereocenters. The maximum Gasteiger partial charge on any atom is 0.411 e. The number of benzene rings is 1. The van der Waals surface area contributed by atoms with Crippen molar-refractivity contribution < 1.29 is 19.4 Å². The van der Waals surface area contributed by atoms with Crippen LogP contribution in [0.15, 0.2) is 29.6 Å². The minimum Gasteiger partial charge on any atom is -0.479 e. The van der Waals surface area contributed by atoms with E-state index in [1.807, 2.05) is 29.6 Å². The van der Waals surface area contributed by atoms with Gasteiger partial charge in [0.15, 0.2) is 0 Å². The zero-order chi connectivity index (χ0) is 18.2. The Kier molecular flexibility index (Phi) is 4.49. The average Bonchev–Trinajstić information content (AvgIpc) is 3.11. The summed E-state index contributed by atoms with van der Waals surface area (Å²) in [5.41, 5.74) is -0.927. The molecular weight excluding hydrogens is 338 g/mol. The summed E-state index contributed by atoms with van der Waals surface area (Å²) in [5.74, 6) is -0.967. The van der Waals surface area contributed by atoms with Crippen LogP contribution in [0.4, 0.5) is 4.79 Å². The molecule has 1 N–H and O–H groups in total. The third-order valence-electron chi connectivity index (χ3n) is 4.54. The van der Waals surface area contributed by atoms with Gasteiger partial charge in [0.25, 0.3) is 0 Å². The summed E-state index contributed by atoms with van der Waals surface area (Å²) in [5, 5.41) is 13.1. The zero-order valence-electron chi connectivity index (χ0n) is 14.7. The summed E-state index contributed by atoms with van der Waals surface area (Å²) < 4.78 is 6.58. The van der Waals surface area contributed by atoms with Crippen LogP contribution in [0.2, 0.25) is 0 Å². The molecule has 6 heteroatoms. The van der Waals surface area contributed by atoms with E-state index in [1.54, 1.807) is 32.1 Å². The van der Waals surface area contributed by atoms with Crippen molar-refractivity contribution in [2.24, 2.45) is 0 Å². The van der Waals surface area contributed by atoms with Gasteiger partial charge in [0.2, 0.25) is 0 Å². The van der Waals surface area contributed by atoms with Crippen LogP contribution in [0.1, 0.15) is 39.2 Å². The highest BCUT2D eigenvalue weighted by Crippen LogP contribution is 2.37. The van der Waals surface area contributed by atoms with E-state index in [1.165, 1.54) is 4.90 Å². The maximum atomic E-state index is 12.6. The third kappa shape index (κ3) is 3.35. The molecular formula is C19H23NO4S. The lowest BCUT2D eigenvalue weighted by molar-refractivity contribution is -0.149. The number of nitrogens with zero attached hydrogens (tertiary/aromatic N) is 1. The van der Waals surface area contributed by atoms with Crippen molar-refractivity contribution in [2.45, 2.75) is 51.2 Å². The summed E-state index contributed by atoms with van der Waals surface area (Å²) in [4.78, 5) is 26.2. The predicted molar refractivity (Wildman–Crippen MR) is 98.1 cm³/mol. The molecule has 0 spiro atoms. The molecule has 1 aliphatic heterocycles. The number of carbonyl (C=O) groups is 2. The molecule has 0 radical (unpaired) electrons. The normalized spacial score (nSPS) is 20.8. The van der Waals surface area contributed by atoms with Gasteiger partial charge in [-0.2, -0.15) is 0 Å². The smallest absolute Gasteiger partial charge is 0.411 e.